The third-order valence-corrected chi connectivity index (χ3v) is 3.59. The highest BCUT2D eigenvalue weighted by atomic mass is 16.2. The second-order valence-corrected chi connectivity index (χ2v) is 4.59. The van der Waals surface area contributed by atoms with Crippen molar-refractivity contribution in [3.05, 3.63) is 0 Å². The summed E-state index contributed by atoms with van der Waals surface area (Å²) >= 11 is 0. The molecular formula is C11H20N2O. The Hall–Kier alpha value is -0.570. The molecule has 3 nitrogen and oxygen atoms in total. The van der Waals surface area contributed by atoms with Crippen LogP contribution in [-0.4, -0.2) is 37.0 Å². The van der Waals surface area contributed by atoms with Crippen LogP contribution >= 0.6 is 0 Å². The molecule has 0 spiro atoms. The smallest absolute Gasteiger partial charge is 0.225 e. The third-order valence-electron chi connectivity index (χ3n) is 3.59. The van der Waals surface area contributed by atoms with E-state index in [1.54, 1.807) is 0 Å². The maximum absolute atomic E-state index is 12.0. The molecule has 2 rings (SSSR count). The predicted octanol–water partition coefficient (Wildman–Crippen LogP) is 0.854. The van der Waals surface area contributed by atoms with Gasteiger partial charge in [0.1, 0.15) is 0 Å². The van der Waals surface area contributed by atoms with Crippen molar-refractivity contribution < 1.29 is 4.79 Å². The zero-order valence-electron chi connectivity index (χ0n) is 8.96. The topological polar surface area (TPSA) is 32.3 Å². The van der Waals surface area contributed by atoms with Crippen molar-refractivity contribution in [2.75, 3.05) is 26.2 Å². The SMILES string of the molecule is CC1CCC1C(=O)N1CCCNCC1. The monoisotopic (exact) mass is 196 g/mol. The summed E-state index contributed by atoms with van der Waals surface area (Å²) in [6.07, 6.45) is 3.46. The van der Waals surface area contributed by atoms with Gasteiger partial charge >= 0.3 is 0 Å². The van der Waals surface area contributed by atoms with E-state index in [0.717, 1.165) is 39.0 Å². The van der Waals surface area contributed by atoms with Crippen LogP contribution in [-0.2, 0) is 4.79 Å². The van der Waals surface area contributed by atoms with Gasteiger partial charge in [0.2, 0.25) is 5.91 Å². The minimum absolute atomic E-state index is 0.341. The average molecular weight is 196 g/mol. The Kier molecular flexibility index (Phi) is 3.06. The van der Waals surface area contributed by atoms with Crippen LogP contribution in [0.5, 0.6) is 0 Å². The van der Waals surface area contributed by atoms with Gasteiger partial charge in [-0.2, -0.15) is 0 Å². The quantitative estimate of drug-likeness (QED) is 0.674. The first-order chi connectivity index (χ1) is 6.79. The number of carbonyl (C=O) groups is 1. The van der Waals surface area contributed by atoms with Crippen LogP contribution in [0.2, 0.25) is 0 Å². The van der Waals surface area contributed by atoms with Crippen LogP contribution in [0, 0.1) is 11.8 Å². The molecule has 14 heavy (non-hydrogen) atoms. The fourth-order valence-corrected chi connectivity index (χ4v) is 2.33. The maximum Gasteiger partial charge on any atom is 0.225 e. The van der Waals surface area contributed by atoms with Crippen LogP contribution in [0.25, 0.3) is 0 Å². The van der Waals surface area contributed by atoms with Gasteiger partial charge in [0, 0.05) is 25.6 Å². The molecule has 0 aromatic heterocycles. The highest BCUT2D eigenvalue weighted by Crippen LogP contribution is 2.35. The fraction of sp³-hybridized carbons (Fsp3) is 0.909. The van der Waals surface area contributed by atoms with Gasteiger partial charge in [-0.3, -0.25) is 4.79 Å². The lowest BCUT2D eigenvalue weighted by Gasteiger charge is -2.36. The summed E-state index contributed by atoms with van der Waals surface area (Å²) in [4.78, 5) is 14.1. The molecule has 0 bridgehead atoms. The Balaban J connectivity index is 1.89. The number of carbonyl (C=O) groups excluding carboxylic acids is 1. The van der Waals surface area contributed by atoms with E-state index in [1.165, 1.54) is 6.42 Å². The molecule has 2 atom stereocenters. The van der Waals surface area contributed by atoms with Crippen molar-refractivity contribution in [2.24, 2.45) is 11.8 Å². The van der Waals surface area contributed by atoms with Crippen LogP contribution in [0.4, 0.5) is 0 Å². The lowest BCUT2D eigenvalue weighted by Crippen LogP contribution is -2.44. The molecule has 1 aliphatic heterocycles. The molecule has 2 fully saturated rings. The van der Waals surface area contributed by atoms with E-state index in [-0.39, 0.29) is 0 Å². The largest absolute Gasteiger partial charge is 0.341 e. The average Bonchev–Trinajstić information content (AvgIpc) is 2.43. The summed E-state index contributed by atoms with van der Waals surface area (Å²) in [5.74, 6) is 1.37. The van der Waals surface area contributed by atoms with Gasteiger partial charge in [-0.15, -0.1) is 0 Å². The van der Waals surface area contributed by atoms with E-state index in [9.17, 15) is 4.79 Å². The molecule has 3 heteroatoms. The minimum atomic E-state index is 0.341. The summed E-state index contributed by atoms with van der Waals surface area (Å²) in [6, 6.07) is 0. The number of hydrogen-bond donors (Lipinski definition) is 1. The van der Waals surface area contributed by atoms with E-state index in [4.69, 9.17) is 0 Å². The Morgan fingerprint density at radius 2 is 2.14 bits per heavy atom. The van der Waals surface area contributed by atoms with E-state index in [1.807, 2.05) is 0 Å². The number of nitrogens with zero attached hydrogens (tertiary/aromatic N) is 1. The zero-order chi connectivity index (χ0) is 9.97. The molecule has 1 amide bonds. The lowest BCUT2D eigenvalue weighted by atomic mass is 9.74. The van der Waals surface area contributed by atoms with E-state index in [2.05, 4.69) is 17.1 Å². The third kappa shape index (κ3) is 1.92. The summed E-state index contributed by atoms with van der Waals surface area (Å²) in [6.45, 7) is 6.08. The van der Waals surface area contributed by atoms with Gasteiger partial charge in [-0.1, -0.05) is 6.92 Å². The van der Waals surface area contributed by atoms with Crippen LogP contribution in [0.15, 0.2) is 0 Å². The second kappa shape index (κ2) is 4.30. The van der Waals surface area contributed by atoms with Crippen molar-refractivity contribution >= 4 is 5.91 Å². The first-order valence-electron chi connectivity index (χ1n) is 5.78. The maximum atomic E-state index is 12.0. The summed E-state index contributed by atoms with van der Waals surface area (Å²) < 4.78 is 0. The molecule has 1 saturated heterocycles. The van der Waals surface area contributed by atoms with Crippen molar-refractivity contribution in [2.45, 2.75) is 26.2 Å². The van der Waals surface area contributed by atoms with Gasteiger partial charge in [0.15, 0.2) is 0 Å². The highest BCUT2D eigenvalue weighted by Gasteiger charge is 2.35. The Bertz CT molecular complexity index is 209. The number of nitrogens with one attached hydrogen (secondary N) is 1. The van der Waals surface area contributed by atoms with Crippen LogP contribution in [0.3, 0.4) is 0 Å². The lowest BCUT2D eigenvalue weighted by molar-refractivity contribution is -0.140. The molecule has 0 aromatic carbocycles. The summed E-state index contributed by atoms with van der Waals surface area (Å²) in [5.41, 5.74) is 0. The van der Waals surface area contributed by atoms with Crippen molar-refractivity contribution in [1.82, 2.24) is 10.2 Å². The minimum Gasteiger partial charge on any atom is -0.341 e. The Labute approximate surface area is 85.8 Å². The first kappa shape index (κ1) is 9.97. The van der Waals surface area contributed by atoms with E-state index in [0.29, 0.717) is 17.7 Å². The predicted molar refractivity (Wildman–Crippen MR) is 56.0 cm³/mol. The Morgan fingerprint density at radius 3 is 2.79 bits per heavy atom. The van der Waals surface area contributed by atoms with Crippen LogP contribution in [0.1, 0.15) is 26.2 Å². The fourth-order valence-electron chi connectivity index (χ4n) is 2.33. The molecular weight excluding hydrogens is 176 g/mol. The van der Waals surface area contributed by atoms with Crippen molar-refractivity contribution in [3.63, 3.8) is 0 Å². The van der Waals surface area contributed by atoms with Crippen molar-refractivity contribution in [1.29, 1.82) is 0 Å². The second-order valence-electron chi connectivity index (χ2n) is 4.59. The number of amides is 1. The number of rotatable bonds is 1. The van der Waals surface area contributed by atoms with Gasteiger partial charge in [-0.05, 0) is 31.7 Å². The van der Waals surface area contributed by atoms with E-state index < -0.39 is 0 Å². The molecule has 1 saturated carbocycles. The molecule has 0 radical (unpaired) electrons. The normalized spacial score (nSPS) is 33.4. The Morgan fingerprint density at radius 1 is 1.29 bits per heavy atom. The van der Waals surface area contributed by atoms with Gasteiger partial charge in [-0.25, -0.2) is 0 Å². The van der Waals surface area contributed by atoms with Gasteiger partial charge in [0.05, 0.1) is 0 Å². The molecule has 0 aromatic rings. The van der Waals surface area contributed by atoms with E-state index >= 15 is 0 Å². The first-order valence-corrected chi connectivity index (χ1v) is 5.78. The van der Waals surface area contributed by atoms with Gasteiger partial charge < -0.3 is 10.2 Å². The molecule has 2 aliphatic rings. The summed E-state index contributed by atoms with van der Waals surface area (Å²) in [7, 11) is 0. The molecule has 2 unspecified atom stereocenters. The molecule has 1 N–H and O–H groups in total. The number of hydrogen-bond acceptors (Lipinski definition) is 2. The molecule has 1 aliphatic carbocycles. The van der Waals surface area contributed by atoms with Crippen molar-refractivity contribution in [3.8, 4) is 0 Å². The van der Waals surface area contributed by atoms with Crippen LogP contribution < -0.4 is 5.32 Å². The molecule has 1 heterocycles. The zero-order valence-corrected chi connectivity index (χ0v) is 8.96. The highest BCUT2D eigenvalue weighted by molar-refractivity contribution is 5.80. The molecule has 80 valence electrons. The standard InChI is InChI=1S/C11H20N2O/c1-9-3-4-10(9)11(14)13-7-2-5-12-6-8-13/h9-10,12H,2-8H2,1H3. The summed E-state index contributed by atoms with van der Waals surface area (Å²) in [5, 5.41) is 3.32. The van der Waals surface area contributed by atoms with Gasteiger partial charge in [0.25, 0.3) is 0 Å².